The first-order valence-corrected chi connectivity index (χ1v) is 7.58. The molecule has 2 aromatic heterocycles. The fourth-order valence-electron chi connectivity index (χ4n) is 2.01. The van der Waals surface area contributed by atoms with Crippen LogP contribution in [-0.2, 0) is 0 Å². The van der Waals surface area contributed by atoms with E-state index in [1.807, 2.05) is 0 Å². The van der Waals surface area contributed by atoms with Crippen LogP contribution in [0.15, 0.2) is 48.7 Å². The monoisotopic (exact) mass is 363 g/mol. The van der Waals surface area contributed by atoms with Crippen molar-refractivity contribution in [3.05, 3.63) is 64.2 Å². The number of nitrogens with zero attached hydrogens (tertiary/aromatic N) is 3. The van der Waals surface area contributed by atoms with Crippen molar-refractivity contribution in [1.82, 2.24) is 9.97 Å². The molecule has 3 aromatic rings. The summed E-state index contributed by atoms with van der Waals surface area (Å²) in [5.74, 6) is 1.11. The normalized spacial score (nSPS) is 10.5. The van der Waals surface area contributed by atoms with E-state index in [2.05, 4.69) is 9.97 Å². The third-order valence-electron chi connectivity index (χ3n) is 3.12. The van der Waals surface area contributed by atoms with Gasteiger partial charge in [-0.3, -0.25) is 0 Å². The Kier molecular flexibility index (Phi) is 4.69. The van der Waals surface area contributed by atoms with Crippen LogP contribution in [-0.4, -0.2) is 17.1 Å². The van der Waals surface area contributed by atoms with Crippen molar-refractivity contribution >= 4 is 23.2 Å². The molecule has 0 aliphatic carbocycles. The maximum Gasteiger partial charge on any atom is 0.261 e. The van der Waals surface area contributed by atoms with E-state index >= 15 is 0 Å². The molecule has 0 saturated heterocycles. The summed E-state index contributed by atoms with van der Waals surface area (Å²) in [5, 5.41) is 11.8. The highest BCUT2D eigenvalue weighted by molar-refractivity contribution is 6.35. The maximum atomic E-state index is 11.8. The van der Waals surface area contributed by atoms with Crippen molar-refractivity contribution in [3.63, 3.8) is 0 Å². The summed E-state index contributed by atoms with van der Waals surface area (Å²) >= 11 is 12.3. The minimum absolute atomic E-state index is 0.0141. The van der Waals surface area contributed by atoms with Gasteiger partial charge in [-0.2, -0.15) is 4.73 Å². The highest BCUT2D eigenvalue weighted by Crippen LogP contribution is 2.38. The van der Waals surface area contributed by atoms with E-state index < -0.39 is 0 Å². The van der Waals surface area contributed by atoms with Gasteiger partial charge >= 0.3 is 0 Å². The molecule has 0 fully saturated rings. The van der Waals surface area contributed by atoms with E-state index in [1.165, 1.54) is 13.3 Å². The molecule has 0 atom stereocenters. The molecule has 0 bridgehead atoms. The van der Waals surface area contributed by atoms with Crippen LogP contribution >= 0.6 is 23.2 Å². The molecule has 6 nitrogen and oxygen atoms in total. The molecule has 0 saturated carbocycles. The molecule has 1 aromatic carbocycles. The first-order valence-electron chi connectivity index (χ1n) is 6.82. The second kappa shape index (κ2) is 6.90. The number of hydrogen-bond acceptors (Lipinski definition) is 5. The van der Waals surface area contributed by atoms with Gasteiger partial charge in [0.15, 0.2) is 28.0 Å². The quantitative estimate of drug-likeness (QED) is 0.399. The number of methoxy groups -OCH3 is 1. The van der Waals surface area contributed by atoms with Crippen LogP contribution in [0.4, 0.5) is 0 Å². The average Bonchev–Trinajstić information content (AvgIpc) is 2.58. The van der Waals surface area contributed by atoms with E-state index in [-0.39, 0.29) is 27.6 Å². The number of hydrogen-bond donors (Lipinski definition) is 0. The fraction of sp³-hybridized carbons (Fsp3) is 0.0625. The minimum atomic E-state index is -0.0141. The zero-order chi connectivity index (χ0) is 17.1. The Balaban J connectivity index is 2.01. The fourth-order valence-corrected chi connectivity index (χ4v) is 2.48. The number of halogens is 2. The lowest BCUT2D eigenvalue weighted by Gasteiger charge is -2.12. The zero-order valence-electron chi connectivity index (χ0n) is 12.4. The van der Waals surface area contributed by atoms with Gasteiger partial charge in [0, 0.05) is 12.1 Å². The lowest BCUT2D eigenvalue weighted by atomic mass is 10.3. The van der Waals surface area contributed by atoms with Gasteiger partial charge in [-0.05, 0) is 18.2 Å². The molecule has 122 valence electrons. The molecule has 0 unspecified atom stereocenters. The summed E-state index contributed by atoms with van der Waals surface area (Å²) in [4.78, 5) is 8.20. The third-order valence-corrected chi connectivity index (χ3v) is 3.63. The topological polar surface area (TPSA) is 71.2 Å². The van der Waals surface area contributed by atoms with Crippen LogP contribution in [0.5, 0.6) is 17.2 Å². The number of rotatable bonds is 4. The summed E-state index contributed by atoms with van der Waals surface area (Å²) in [6, 6.07) is 11.9. The molecule has 0 radical (unpaired) electrons. The summed E-state index contributed by atoms with van der Waals surface area (Å²) in [6.45, 7) is 0. The molecule has 24 heavy (non-hydrogen) atoms. The SMILES string of the molecule is COc1ccccc1Oc1c(Cl)nc(-c2cccc[n+]2[O-])nc1Cl. The largest absolute Gasteiger partial charge is 0.618 e. The molecule has 3 rings (SSSR count). The highest BCUT2D eigenvalue weighted by Gasteiger charge is 2.20. The number of benzene rings is 1. The van der Waals surface area contributed by atoms with Gasteiger partial charge in [-0.25, -0.2) is 9.97 Å². The molecule has 0 amide bonds. The van der Waals surface area contributed by atoms with E-state index in [0.29, 0.717) is 16.2 Å². The smallest absolute Gasteiger partial charge is 0.261 e. The summed E-state index contributed by atoms with van der Waals surface area (Å²) in [5.41, 5.74) is 0.227. The molecule has 2 heterocycles. The molecule has 0 spiro atoms. The highest BCUT2D eigenvalue weighted by atomic mass is 35.5. The van der Waals surface area contributed by atoms with Gasteiger partial charge < -0.3 is 14.7 Å². The Bertz CT molecular complexity index is 867. The Hall–Kier alpha value is -2.57. The van der Waals surface area contributed by atoms with Crippen molar-refractivity contribution < 1.29 is 14.2 Å². The summed E-state index contributed by atoms with van der Waals surface area (Å²) in [6.07, 6.45) is 1.33. The van der Waals surface area contributed by atoms with Gasteiger partial charge in [0.05, 0.1) is 7.11 Å². The van der Waals surface area contributed by atoms with Crippen LogP contribution < -0.4 is 14.2 Å². The standard InChI is InChI=1S/C16H11Cl2N3O3/c1-23-11-7-2-3-8-12(11)24-13-14(17)19-16(20-15(13)18)10-6-4-5-9-21(10)22/h2-9H,1H3. The number of pyridine rings is 1. The Morgan fingerprint density at radius 3 is 2.21 bits per heavy atom. The zero-order valence-corrected chi connectivity index (χ0v) is 14.0. The number of para-hydroxylation sites is 2. The van der Waals surface area contributed by atoms with Crippen molar-refractivity contribution in [1.29, 1.82) is 0 Å². The van der Waals surface area contributed by atoms with Crippen LogP contribution in [0, 0.1) is 5.21 Å². The predicted molar refractivity (Wildman–Crippen MR) is 89.5 cm³/mol. The summed E-state index contributed by atoms with van der Waals surface area (Å²) < 4.78 is 11.5. The van der Waals surface area contributed by atoms with Gasteiger partial charge in [-0.1, -0.05) is 35.3 Å². The Morgan fingerprint density at radius 1 is 0.958 bits per heavy atom. The number of ether oxygens (including phenoxy) is 2. The molecule has 0 N–H and O–H groups in total. The van der Waals surface area contributed by atoms with E-state index in [1.54, 1.807) is 42.5 Å². The second-order valence-corrected chi connectivity index (χ2v) is 5.34. The Morgan fingerprint density at radius 2 is 1.58 bits per heavy atom. The molecule has 8 heteroatoms. The number of aromatic nitrogens is 3. The van der Waals surface area contributed by atoms with Crippen molar-refractivity contribution in [2.24, 2.45) is 0 Å². The second-order valence-electron chi connectivity index (χ2n) is 4.62. The Labute approximate surface area is 147 Å². The van der Waals surface area contributed by atoms with Gasteiger partial charge in [-0.15, -0.1) is 0 Å². The van der Waals surface area contributed by atoms with E-state index in [4.69, 9.17) is 32.7 Å². The average molecular weight is 364 g/mol. The molecular formula is C16H11Cl2N3O3. The van der Waals surface area contributed by atoms with Crippen LogP contribution in [0.2, 0.25) is 10.3 Å². The summed E-state index contributed by atoms with van der Waals surface area (Å²) in [7, 11) is 1.52. The van der Waals surface area contributed by atoms with Crippen LogP contribution in [0.25, 0.3) is 11.5 Å². The van der Waals surface area contributed by atoms with Gasteiger partial charge in [0.2, 0.25) is 11.6 Å². The first-order chi connectivity index (χ1) is 11.6. The minimum Gasteiger partial charge on any atom is -0.618 e. The molecular weight excluding hydrogens is 353 g/mol. The van der Waals surface area contributed by atoms with Crippen molar-refractivity contribution in [2.45, 2.75) is 0 Å². The van der Waals surface area contributed by atoms with Crippen molar-refractivity contribution in [3.8, 4) is 28.8 Å². The maximum absolute atomic E-state index is 11.8. The molecule has 0 aliphatic rings. The lowest BCUT2D eigenvalue weighted by molar-refractivity contribution is -0.594. The van der Waals surface area contributed by atoms with Gasteiger partial charge in [0.1, 0.15) is 0 Å². The third kappa shape index (κ3) is 3.20. The molecule has 0 aliphatic heterocycles. The predicted octanol–water partition coefficient (Wildman–Crippen LogP) is 3.88. The lowest BCUT2D eigenvalue weighted by Crippen LogP contribution is -2.28. The van der Waals surface area contributed by atoms with E-state index in [9.17, 15) is 5.21 Å². The van der Waals surface area contributed by atoms with Crippen molar-refractivity contribution in [2.75, 3.05) is 7.11 Å². The van der Waals surface area contributed by atoms with Crippen LogP contribution in [0.3, 0.4) is 0 Å². The van der Waals surface area contributed by atoms with Gasteiger partial charge in [0.25, 0.3) is 5.69 Å². The first kappa shape index (κ1) is 16.3. The van der Waals surface area contributed by atoms with E-state index in [0.717, 1.165) is 0 Å². The van der Waals surface area contributed by atoms with Crippen LogP contribution in [0.1, 0.15) is 0 Å².